The molecule has 0 bridgehead atoms. The van der Waals surface area contributed by atoms with E-state index in [-0.39, 0.29) is 0 Å². The Hall–Kier alpha value is -1.58. The summed E-state index contributed by atoms with van der Waals surface area (Å²) in [6.07, 6.45) is -1.06. The van der Waals surface area contributed by atoms with E-state index in [9.17, 15) is 4.39 Å². The molecule has 0 radical (unpaired) electrons. The molecule has 2 aromatic rings. The fourth-order valence-electron chi connectivity index (χ4n) is 1.59. The highest BCUT2D eigenvalue weighted by atomic mass is 19.1. The zero-order chi connectivity index (χ0) is 10.3. The molecule has 2 N–H and O–H groups in total. The highest BCUT2D eigenvalue weighted by molar-refractivity contribution is 5.79. The molecule has 1 unspecified atom stereocenters. The third kappa shape index (κ3) is 1.23. The van der Waals surface area contributed by atoms with Gasteiger partial charge >= 0.3 is 0 Å². The average Bonchev–Trinajstić information content (AvgIpc) is 2.43. The van der Waals surface area contributed by atoms with Gasteiger partial charge in [-0.05, 0) is 25.1 Å². The Morgan fingerprint density at radius 2 is 2.21 bits per heavy atom. The molecule has 74 valence electrons. The number of fused-ring (bicyclic) bond motifs is 1. The first-order valence-corrected chi connectivity index (χ1v) is 4.45. The van der Waals surface area contributed by atoms with Gasteiger partial charge in [-0.2, -0.15) is 0 Å². The van der Waals surface area contributed by atoms with E-state index in [1.807, 2.05) is 6.07 Å². The van der Waals surface area contributed by atoms with Crippen LogP contribution in [0.25, 0.3) is 11.0 Å². The van der Waals surface area contributed by atoms with E-state index in [4.69, 9.17) is 5.73 Å². The number of nitrogen functional groups attached to an aromatic ring is 1. The van der Waals surface area contributed by atoms with Crippen molar-refractivity contribution in [2.24, 2.45) is 7.05 Å². The topological polar surface area (TPSA) is 43.8 Å². The lowest BCUT2D eigenvalue weighted by molar-refractivity contribution is 0.350. The second kappa shape index (κ2) is 2.97. The fourth-order valence-corrected chi connectivity index (χ4v) is 1.59. The smallest absolute Gasteiger partial charge is 0.155 e. The Morgan fingerprint density at radius 1 is 1.50 bits per heavy atom. The largest absolute Gasteiger partial charge is 0.399 e. The quantitative estimate of drug-likeness (QED) is 0.705. The molecular formula is C10H12FN3. The molecule has 4 heteroatoms. The summed E-state index contributed by atoms with van der Waals surface area (Å²) in [4.78, 5) is 4.18. The molecule has 1 aromatic heterocycles. The second-order valence-corrected chi connectivity index (χ2v) is 3.39. The van der Waals surface area contributed by atoms with E-state index in [0.717, 1.165) is 11.0 Å². The first kappa shape index (κ1) is 8.99. The number of benzene rings is 1. The van der Waals surface area contributed by atoms with Gasteiger partial charge in [0.05, 0.1) is 11.0 Å². The lowest BCUT2D eigenvalue weighted by Crippen LogP contribution is -1.98. The van der Waals surface area contributed by atoms with Gasteiger partial charge < -0.3 is 10.3 Å². The van der Waals surface area contributed by atoms with Crippen LogP contribution in [0.1, 0.15) is 18.9 Å². The molecule has 1 atom stereocenters. The Labute approximate surface area is 81.4 Å². The summed E-state index contributed by atoms with van der Waals surface area (Å²) < 4.78 is 14.9. The predicted octanol–water partition coefficient (Wildman–Crippen LogP) is 2.19. The first-order chi connectivity index (χ1) is 6.59. The Kier molecular flexibility index (Phi) is 1.91. The lowest BCUT2D eigenvalue weighted by atomic mass is 10.3. The monoisotopic (exact) mass is 193 g/mol. The van der Waals surface area contributed by atoms with E-state index in [1.165, 1.54) is 6.92 Å². The summed E-state index contributed by atoms with van der Waals surface area (Å²) in [6.45, 7) is 1.48. The van der Waals surface area contributed by atoms with Crippen molar-refractivity contribution >= 4 is 16.7 Å². The van der Waals surface area contributed by atoms with E-state index in [0.29, 0.717) is 11.5 Å². The number of rotatable bonds is 1. The van der Waals surface area contributed by atoms with Crippen LogP contribution in [-0.4, -0.2) is 9.55 Å². The predicted molar refractivity (Wildman–Crippen MR) is 54.6 cm³/mol. The van der Waals surface area contributed by atoms with Gasteiger partial charge in [0.1, 0.15) is 5.82 Å². The Balaban J connectivity index is 2.73. The van der Waals surface area contributed by atoms with Crippen molar-refractivity contribution in [3.63, 3.8) is 0 Å². The molecule has 1 heterocycles. The van der Waals surface area contributed by atoms with E-state index in [2.05, 4.69) is 4.98 Å². The van der Waals surface area contributed by atoms with Crippen molar-refractivity contribution in [2.45, 2.75) is 13.1 Å². The number of halogens is 1. The molecule has 0 saturated carbocycles. The molecule has 0 saturated heterocycles. The SMILES string of the molecule is CC(F)c1nc2cc(N)ccc2n1C. The summed E-state index contributed by atoms with van der Waals surface area (Å²) >= 11 is 0. The van der Waals surface area contributed by atoms with Gasteiger partial charge in [0.2, 0.25) is 0 Å². The highest BCUT2D eigenvalue weighted by Gasteiger charge is 2.12. The molecule has 0 amide bonds. The average molecular weight is 193 g/mol. The minimum atomic E-state index is -1.06. The molecule has 0 aliphatic rings. The first-order valence-electron chi connectivity index (χ1n) is 4.45. The number of aryl methyl sites for hydroxylation is 1. The summed E-state index contributed by atoms with van der Waals surface area (Å²) in [5.74, 6) is 0.436. The fraction of sp³-hybridized carbons (Fsp3) is 0.300. The number of nitrogens with two attached hydrogens (primary N) is 1. The van der Waals surface area contributed by atoms with Crippen LogP contribution in [0, 0.1) is 0 Å². The van der Waals surface area contributed by atoms with Crippen molar-refractivity contribution in [3.8, 4) is 0 Å². The maximum absolute atomic E-state index is 13.1. The molecule has 14 heavy (non-hydrogen) atoms. The molecular weight excluding hydrogens is 181 g/mol. The molecule has 1 aromatic carbocycles. The minimum absolute atomic E-state index is 0.436. The summed E-state index contributed by atoms with van der Waals surface area (Å²) in [5.41, 5.74) is 7.91. The van der Waals surface area contributed by atoms with Gasteiger partial charge in [-0.3, -0.25) is 0 Å². The lowest BCUT2D eigenvalue weighted by Gasteiger charge is -2.01. The van der Waals surface area contributed by atoms with Gasteiger partial charge in [-0.25, -0.2) is 9.37 Å². The normalized spacial score (nSPS) is 13.4. The second-order valence-electron chi connectivity index (χ2n) is 3.39. The minimum Gasteiger partial charge on any atom is -0.399 e. The molecule has 0 aliphatic carbocycles. The Morgan fingerprint density at radius 3 is 2.86 bits per heavy atom. The molecule has 2 rings (SSSR count). The zero-order valence-corrected chi connectivity index (χ0v) is 8.16. The van der Waals surface area contributed by atoms with Crippen molar-refractivity contribution in [1.29, 1.82) is 0 Å². The van der Waals surface area contributed by atoms with Gasteiger partial charge in [-0.1, -0.05) is 0 Å². The number of nitrogens with zero attached hydrogens (tertiary/aromatic N) is 2. The maximum atomic E-state index is 13.1. The number of anilines is 1. The van der Waals surface area contributed by atoms with Gasteiger partial charge in [0, 0.05) is 12.7 Å². The van der Waals surface area contributed by atoms with Crippen LogP contribution >= 0.6 is 0 Å². The summed E-state index contributed by atoms with van der Waals surface area (Å²) in [7, 11) is 1.80. The van der Waals surface area contributed by atoms with E-state index < -0.39 is 6.17 Å². The summed E-state index contributed by atoms with van der Waals surface area (Å²) in [5, 5.41) is 0. The van der Waals surface area contributed by atoms with E-state index >= 15 is 0 Å². The third-order valence-corrected chi connectivity index (χ3v) is 2.30. The highest BCUT2D eigenvalue weighted by Crippen LogP contribution is 2.22. The molecule has 3 nitrogen and oxygen atoms in total. The van der Waals surface area contributed by atoms with Gasteiger partial charge in [-0.15, -0.1) is 0 Å². The van der Waals surface area contributed by atoms with Crippen molar-refractivity contribution in [1.82, 2.24) is 9.55 Å². The molecule has 0 aliphatic heterocycles. The number of hydrogen-bond donors (Lipinski definition) is 1. The van der Waals surface area contributed by atoms with Crippen LogP contribution in [0.15, 0.2) is 18.2 Å². The number of alkyl halides is 1. The standard InChI is InChI=1S/C10H12FN3/c1-6(11)10-13-8-5-7(12)3-4-9(8)14(10)2/h3-6H,12H2,1-2H3. The zero-order valence-electron chi connectivity index (χ0n) is 8.16. The van der Waals surface area contributed by atoms with E-state index in [1.54, 1.807) is 23.7 Å². The Bertz CT molecular complexity index is 473. The van der Waals surface area contributed by atoms with Crippen LogP contribution in [0.5, 0.6) is 0 Å². The van der Waals surface area contributed by atoms with Crippen molar-refractivity contribution in [3.05, 3.63) is 24.0 Å². The summed E-state index contributed by atoms with van der Waals surface area (Å²) in [6, 6.07) is 5.39. The van der Waals surface area contributed by atoms with Crippen molar-refractivity contribution in [2.75, 3.05) is 5.73 Å². The van der Waals surface area contributed by atoms with Gasteiger partial charge in [0.15, 0.2) is 6.17 Å². The van der Waals surface area contributed by atoms with Crippen molar-refractivity contribution < 1.29 is 4.39 Å². The molecule has 0 fully saturated rings. The number of hydrogen-bond acceptors (Lipinski definition) is 2. The van der Waals surface area contributed by atoms with Gasteiger partial charge in [0.25, 0.3) is 0 Å². The molecule has 0 spiro atoms. The van der Waals surface area contributed by atoms with Crippen LogP contribution in [-0.2, 0) is 7.05 Å². The number of aromatic nitrogens is 2. The van der Waals surface area contributed by atoms with Crippen LogP contribution in [0.4, 0.5) is 10.1 Å². The van der Waals surface area contributed by atoms with Crippen LogP contribution in [0.2, 0.25) is 0 Å². The number of imidazole rings is 1. The van der Waals surface area contributed by atoms with Crippen LogP contribution < -0.4 is 5.73 Å². The maximum Gasteiger partial charge on any atom is 0.155 e. The third-order valence-electron chi connectivity index (χ3n) is 2.30. The van der Waals surface area contributed by atoms with Crippen LogP contribution in [0.3, 0.4) is 0 Å².